The Bertz CT molecular complexity index is 1750. The van der Waals surface area contributed by atoms with Crippen molar-refractivity contribution in [1.82, 2.24) is 4.40 Å². The first-order chi connectivity index (χ1) is 19.8. The highest BCUT2D eigenvalue weighted by atomic mass is 35.5. The highest BCUT2D eigenvalue weighted by molar-refractivity contribution is 6.61. The van der Waals surface area contributed by atoms with Crippen LogP contribution in [0.25, 0.3) is 5.52 Å². The number of rotatable bonds is 6. The van der Waals surface area contributed by atoms with E-state index in [2.05, 4.69) is 5.16 Å². The van der Waals surface area contributed by atoms with Crippen molar-refractivity contribution in [2.45, 2.75) is 50.5 Å². The van der Waals surface area contributed by atoms with Crippen LogP contribution in [0.3, 0.4) is 0 Å². The number of carbonyl (C=O) groups is 1. The maximum absolute atomic E-state index is 14.5. The van der Waals surface area contributed by atoms with Crippen molar-refractivity contribution in [2.24, 2.45) is 5.16 Å². The zero-order chi connectivity index (χ0) is 30.0. The molecule has 0 spiro atoms. The van der Waals surface area contributed by atoms with Gasteiger partial charge in [0.25, 0.3) is 5.60 Å². The Kier molecular flexibility index (Phi) is 6.96. The molecule has 2 aromatic carbocycles. The molecule has 4 heterocycles. The van der Waals surface area contributed by atoms with Crippen LogP contribution in [0.5, 0.6) is 0 Å². The van der Waals surface area contributed by atoms with Gasteiger partial charge >= 0.3 is 13.3 Å². The van der Waals surface area contributed by atoms with Gasteiger partial charge in [-0.3, -0.25) is 4.79 Å². The summed E-state index contributed by atoms with van der Waals surface area (Å²) < 4.78 is 50.7. The van der Waals surface area contributed by atoms with Gasteiger partial charge in [-0.25, -0.2) is 0 Å². The normalized spacial score (nSPS) is 19.6. The van der Waals surface area contributed by atoms with Gasteiger partial charge in [0.2, 0.25) is 0 Å². The Morgan fingerprint density at radius 3 is 2.55 bits per heavy atom. The van der Waals surface area contributed by atoms with Crippen molar-refractivity contribution in [3.63, 3.8) is 0 Å². The first-order valence-electron chi connectivity index (χ1n) is 13.2. The molecule has 12 heteroatoms. The molecule has 0 radical (unpaired) electrons. The van der Waals surface area contributed by atoms with E-state index in [4.69, 9.17) is 32.7 Å². The molecule has 1 N–H and O–H groups in total. The molecule has 42 heavy (non-hydrogen) atoms. The van der Waals surface area contributed by atoms with Crippen LogP contribution >= 0.6 is 23.2 Å². The zero-order valence-corrected chi connectivity index (χ0v) is 24.0. The number of Topliss-reactive ketones (excluding diaryl/α,β-unsaturated/α-hetero) is 1. The summed E-state index contributed by atoms with van der Waals surface area (Å²) in [6.45, 7) is 3.76. The number of hydrogen-bond acceptors (Lipinski definition) is 5. The lowest BCUT2D eigenvalue weighted by atomic mass is 9.77. The Morgan fingerprint density at radius 2 is 1.83 bits per heavy atom. The van der Waals surface area contributed by atoms with Crippen LogP contribution in [0, 0.1) is 0 Å². The molecule has 0 fully saturated rings. The molecule has 0 bridgehead atoms. The average Bonchev–Trinajstić information content (AvgIpc) is 3.63. The number of aromatic nitrogens is 1. The molecule has 6 nitrogen and oxygen atoms in total. The van der Waals surface area contributed by atoms with E-state index >= 15 is 0 Å². The SMILES string of the molecule is CC1(C)OB(O)c2ccc(CCC(=O)c3ccc(C4=NOC(c5cc(Cl)cc(Cl)c5)(C(F)(F)F)C4)n4cccc34)cc21. The highest BCUT2D eigenvalue weighted by Crippen LogP contribution is 2.49. The van der Waals surface area contributed by atoms with E-state index in [0.29, 0.717) is 28.7 Å². The van der Waals surface area contributed by atoms with E-state index in [-0.39, 0.29) is 33.5 Å². The first-order valence-corrected chi connectivity index (χ1v) is 14.0. The van der Waals surface area contributed by atoms with Crippen LogP contribution in [0.1, 0.15) is 59.4 Å². The van der Waals surface area contributed by atoms with Crippen LogP contribution in [0.15, 0.2) is 72.0 Å². The third-order valence-corrected chi connectivity index (χ3v) is 8.32. The Balaban J connectivity index is 1.26. The molecule has 6 rings (SSSR count). The second-order valence-electron chi connectivity index (χ2n) is 11.0. The minimum absolute atomic E-state index is 0.0448. The molecule has 2 aromatic heterocycles. The van der Waals surface area contributed by atoms with E-state index in [9.17, 15) is 23.0 Å². The van der Waals surface area contributed by atoms with Crippen LogP contribution in [0.4, 0.5) is 13.2 Å². The summed E-state index contributed by atoms with van der Waals surface area (Å²) in [5.41, 5.74) is 0.276. The van der Waals surface area contributed by atoms with Crippen molar-refractivity contribution in [3.05, 3.63) is 105 Å². The molecule has 0 aliphatic carbocycles. The van der Waals surface area contributed by atoms with Crippen LogP contribution < -0.4 is 5.46 Å². The van der Waals surface area contributed by atoms with Gasteiger partial charge in [-0.05, 0) is 79.3 Å². The topological polar surface area (TPSA) is 72.5 Å². The van der Waals surface area contributed by atoms with Crippen molar-refractivity contribution >= 4 is 52.8 Å². The van der Waals surface area contributed by atoms with Crippen molar-refractivity contribution in [1.29, 1.82) is 0 Å². The van der Waals surface area contributed by atoms with Crippen LogP contribution in [-0.2, 0) is 27.1 Å². The fourth-order valence-corrected chi connectivity index (χ4v) is 6.26. The van der Waals surface area contributed by atoms with Gasteiger partial charge in [0, 0.05) is 33.8 Å². The lowest BCUT2D eigenvalue weighted by Gasteiger charge is -2.29. The second-order valence-corrected chi connectivity index (χ2v) is 11.9. The molecular formula is C30H24BCl2F3N2O4. The molecule has 216 valence electrons. The van der Waals surface area contributed by atoms with Gasteiger partial charge in [-0.2, -0.15) is 13.2 Å². The molecule has 1 unspecified atom stereocenters. The quantitative estimate of drug-likeness (QED) is 0.196. The van der Waals surface area contributed by atoms with Crippen molar-refractivity contribution in [2.75, 3.05) is 0 Å². The summed E-state index contributed by atoms with van der Waals surface area (Å²) in [5.74, 6) is -0.121. The number of nitrogens with zero attached hydrogens (tertiary/aromatic N) is 2. The third-order valence-electron chi connectivity index (χ3n) is 7.88. The summed E-state index contributed by atoms with van der Waals surface area (Å²) >= 11 is 12.0. The number of hydrogen-bond donors (Lipinski definition) is 1. The fraction of sp³-hybridized carbons (Fsp3) is 0.267. The van der Waals surface area contributed by atoms with Crippen molar-refractivity contribution in [3.8, 4) is 0 Å². The van der Waals surface area contributed by atoms with Gasteiger partial charge < -0.3 is 18.9 Å². The minimum atomic E-state index is -4.82. The number of oxime groups is 1. The predicted octanol–water partition coefficient (Wildman–Crippen LogP) is 6.60. The Labute approximate surface area is 249 Å². The van der Waals surface area contributed by atoms with Gasteiger partial charge in [0.1, 0.15) is 5.71 Å². The lowest BCUT2D eigenvalue weighted by Crippen LogP contribution is -2.42. The first kappa shape index (κ1) is 28.8. The second kappa shape index (κ2) is 10.2. The summed E-state index contributed by atoms with van der Waals surface area (Å²) in [6, 6.07) is 16.0. The third kappa shape index (κ3) is 4.80. The predicted molar refractivity (Wildman–Crippen MR) is 155 cm³/mol. The molecule has 0 amide bonds. The monoisotopic (exact) mass is 614 g/mol. The smallest absolute Gasteiger partial charge is 0.423 e. The van der Waals surface area contributed by atoms with Crippen LogP contribution in [0.2, 0.25) is 10.0 Å². The van der Waals surface area contributed by atoms with Crippen molar-refractivity contribution < 1.29 is 32.5 Å². The summed E-state index contributed by atoms with van der Waals surface area (Å²) in [4.78, 5) is 18.5. The molecule has 4 aromatic rings. The number of alkyl halides is 3. The molecule has 2 aliphatic rings. The Hall–Kier alpha value is -3.31. The zero-order valence-electron chi connectivity index (χ0n) is 22.5. The number of pyridine rings is 1. The number of halogens is 5. The van der Waals surface area contributed by atoms with Gasteiger partial charge in [-0.1, -0.05) is 46.6 Å². The average molecular weight is 615 g/mol. The lowest BCUT2D eigenvalue weighted by molar-refractivity contribution is -0.275. The maximum Gasteiger partial charge on any atom is 0.492 e. The van der Waals surface area contributed by atoms with E-state index in [1.54, 1.807) is 34.9 Å². The highest BCUT2D eigenvalue weighted by Gasteiger charge is 2.62. The van der Waals surface area contributed by atoms with E-state index in [0.717, 1.165) is 11.1 Å². The van der Waals surface area contributed by atoms with Gasteiger partial charge in [-0.15, -0.1) is 0 Å². The summed E-state index contributed by atoms with van der Waals surface area (Å²) in [5, 5.41) is 14.1. The largest absolute Gasteiger partial charge is 0.492 e. The van der Waals surface area contributed by atoms with E-state index in [1.165, 1.54) is 18.2 Å². The summed E-state index contributed by atoms with van der Waals surface area (Å²) in [6.07, 6.45) is -3.10. The molecule has 0 saturated carbocycles. The fourth-order valence-electron chi connectivity index (χ4n) is 5.73. The van der Waals surface area contributed by atoms with E-state index in [1.807, 2.05) is 32.0 Å². The Morgan fingerprint density at radius 1 is 1.10 bits per heavy atom. The van der Waals surface area contributed by atoms with Gasteiger partial charge in [0.15, 0.2) is 5.78 Å². The molecule has 2 aliphatic heterocycles. The number of benzene rings is 2. The number of fused-ring (bicyclic) bond motifs is 2. The number of ketones is 1. The maximum atomic E-state index is 14.5. The number of carbonyl (C=O) groups excluding carboxylic acids is 1. The minimum Gasteiger partial charge on any atom is -0.423 e. The number of aryl methyl sites for hydroxylation is 1. The van der Waals surface area contributed by atoms with E-state index < -0.39 is 30.9 Å². The molecule has 1 atom stereocenters. The van der Waals surface area contributed by atoms with Crippen LogP contribution in [-0.4, -0.2) is 34.2 Å². The standard InChI is InChI=1S/C30H24BCl2F3N2O4/c1-28(2)22-12-17(5-8-23(22)31(40)41-28)6-10-27(39)21-7-9-26(38-11-3-4-25(21)38)24-16-29(42-37-24,30(34,35)36)18-13-19(32)15-20(33)14-18/h3-5,7-9,11-15,40H,6,10,16H2,1-2H3. The molecule has 0 saturated heterocycles. The van der Waals surface area contributed by atoms with Gasteiger partial charge in [0.05, 0.1) is 23.2 Å². The summed E-state index contributed by atoms with van der Waals surface area (Å²) in [7, 11) is -0.980. The molecular weight excluding hydrogens is 591 g/mol.